The summed E-state index contributed by atoms with van der Waals surface area (Å²) in [6, 6.07) is 0.489. The van der Waals surface area contributed by atoms with Crippen LogP contribution in [0.25, 0.3) is 0 Å². The maximum Gasteiger partial charge on any atom is 2.00 e. The van der Waals surface area contributed by atoms with Crippen molar-refractivity contribution in [2.24, 2.45) is 0 Å². The Kier molecular flexibility index (Phi) is 11.4. The van der Waals surface area contributed by atoms with Gasteiger partial charge in [0.1, 0.15) is 0 Å². The van der Waals surface area contributed by atoms with E-state index in [1.807, 2.05) is 32.1 Å². The first-order valence-electron chi connectivity index (χ1n) is 8.03. The third kappa shape index (κ3) is 7.16. The first kappa shape index (κ1) is 22.3. The molecule has 0 aromatic rings. The molecule has 3 aliphatic rings. The molecule has 10 radical (unpaired) electrons. The van der Waals surface area contributed by atoms with Crippen molar-refractivity contribution in [1.82, 2.24) is 4.90 Å². The van der Waals surface area contributed by atoms with Gasteiger partial charge in [-0.25, -0.2) is 0 Å². The van der Waals surface area contributed by atoms with Crippen LogP contribution >= 0.6 is 0 Å². The molecule has 3 atom stereocenters. The number of aliphatic hydroxyl groups is 1. The quantitative estimate of drug-likeness (QED) is 0.641. The van der Waals surface area contributed by atoms with Crippen LogP contribution in [0.5, 0.6) is 0 Å². The smallest absolute Gasteiger partial charge is 0.0312 e. The van der Waals surface area contributed by atoms with Gasteiger partial charge in [0.05, 0.1) is 0 Å². The molecule has 126 valence electrons. The Morgan fingerprint density at radius 1 is 1.04 bits per heavy atom. The Morgan fingerprint density at radius 2 is 1.65 bits per heavy atom. The molecule has 3 fully saturated rings. The van der Waals surface area contributed by atoms with Crippen LogP contribution in [-0.2, 0) is 17.1 Å². The minimum Gasteiger partial charge on any atom is -0.0312 e. The molecule has 0 heterocycles. The molecule has 2 nitrogen and oxygen atoms in total. The van der Waals surface area contributed by atoms with Crippen molar-refractivity contribution < 1.29 is 22.2 Å². The molecule has 4 heteroatoms. The molecule has 0 saturated heterocycles. The average Bonchev–Trinajstić information content (AvgIpc) is 3.23. The SMILES string of the molecule is C[C@@H]([C]1[CH][CH][CH][C]1[Te][C@@H]1CCC[C@H]1O)N(C)C.[CH]1[CH][CH][CH][CH]1.[Fe+2]. The van der Waals surface area contributed by atoms with Crippen molar-refractivity contribution in [2.45, 2.75) is 42.3 Å². The van der Waals surface area contributed by atoms with Crippen LogP contribution in [-0.4, -0.2) is 57.2 Å². The molecule has 3 rings (SSSR count). The number of aliphatic hydroxyl groups excluding tert-OH is 1. The number of rotatable bonds is 4. The van der Waals surface area contributed by atoms with Crippen LogP contribution in [0.15, 0.2) is 0 Å². The molecule has 0 aliphatic heterocycles. The zero-order valence-electron chi connectivity index (χ0n) is 14.1. The van der Waals surface area contributed by atoms with E-state index in [0.29, 0.717) is 10.0 Å². The summed E-state index contributed by atoms with van der Waals surface area (Å²) in [7, 11) is 4.26. The third-order valence-corrected chi connectivity index (χ3v) is 8.50. The summed E-state index contributed by atoms with van der Waals surface area (Å²) in [5, 5.41) is 9.95. The monoisotopic (exact) mass is 471 g/mol. The normalized spacial score (nSPS) is 30.1. The second-order valence-electron chi connectivity index (χ2n) is 6.10. The summed E-state index contributed by atoms with van der Waals surface area (Å²) >= 11 is -0.233. The minimum absolute atomic E-state index is 0. The summed E-state index contributed by atoms with van der Waals surface area (Å²) in [5.74, 6) is 1.48. The van der Waals surface area contributed by atoms with Gasteiger partial charge in [0.15, 0.2) is 0 Å². The second kappa shape index (κ2) is 11.8. The molecule has 0 bridgehead atoms. The van der Waals surface area contributed by atoms with Crippen molar-refractivity contribution >= 4 is 20.9 Å². The van der Waals surface area contributed by atoms with Gasteiger partial charge in [-0.3, -0.25) is 0 Å². The van der Waals surface area contributed by atoms with Crippen molar-refractivity contribution in [3.63, 3.8) is 0 Å². The Hall–Kier alpha value is 1.23. The third-order valence-electron chi connectivity index (χ3n) is 4.28. The van der Waals surface area contributed by atoms with E-state index in [4.69, 9.17) is 0 Å². The molecular formula is C19H27FeNOTe+2. The zero-order valence-corrected chi connectivity index (χ0v) is 17.6. The number of hydrogen-bond donors (Lipinski definition) is 1. The maximum atomic E-state index is 9.95. The van der Waals surface area contributed by atoms with Gasteiger partial charge in [-0.15, -0.1) is 0 Å². The first-order chi connectivity index (χ1) is 10.6. The van der Waals surface area contributed by atoms with Crippen LogP contribution < -0.4 is 0 Å². The fraction of sp³-hybridized carbons (Fsp3) is 0.474. The summed E-state index contributed by atoms with van der Waals surface area (Å²) in [6.45, 7) is 2.26. The van der Waals surface area contributed by atoms with Gasteiger partial charge in [0.2, 0.25) is 0 Å². The fourth-order valence-corrected chi connectivity index (χ4v) is 6.77. The van der Waals surface area contributed by atoms with Gasteiger partial charge < -0.3 is 0 Å². The van der Waals surface area contributed by atoms with E-state index in [1.165, 1.54) is 18.8 Å². The summed E-state index contributed by atoms with van der Waals surface area (Å²) < 4.78 is 2.17. The van der Waals surface area contributed by atoms with Crippen molar-refractivity contribution in [3.8, 4) is 0 Å². The van der Waals surface area contributed by atoms with Crippen LogP contribution in [0, 0.1) is 61.3 Å². The molecule has 0 spiro atoms. The molecular weight excluding hydrogens is 442 g/mol. The van der Waals surface area contributed by atoms with E-state index in [1.54, 1.807) is 3.97 Å². The van der Waals surface area contributed by atoms with Crippen LogP contribution in [0.1, 0.15) is 26.2 Å². The number of hydrogen-bond acceptors (Lipinski definition) is 2. The molecule has 23 heavy (non-hydrogen) atoms. The van der Waals surface area contributed by atoms with Crippen molar-refractivity contribution in [3.05, 3.63) is 61.3 Å². The topological polar surface area (TPSA) is 23.5 Å². The van der Waals surface area contributed by atoms with Gasteiger partial charge >= 0.3 is 134 Å². The fourth-order valence-electron chi connectivity index (χ4n) is 2.68. The van der Waals surface area contributed by atoms with Gasteiger partial charge in [-0.2, -0.15) is 0 Å². The standard InChI is InChI=1S/C14H22NOTe.C5H5.Fe/c1-10(15(2)3)11-6-4-8-13(11)17-14-9-5-7-12(14)16;1-2-4-5-3-1;/h4,6,8,10,12,14,16H,5,7,9H2,1-3H3;1-5H;/q;;+2/t10-,12+,14+;;/m0../s1. The van der Waals surface area contributed by atoms with Gasteiger partial charge in [0.25, 0.3) is 0 Å². The summed E-state index contributed by atoms with van der Waals surface area (Å²) in [4.78, 5) is 2.26. The minimum atomic E-state index is -0.233. The van der Waals surface area contributed by atoms with E-state index in [0.717, 1.165) is 6.42 Å². The largest absolute Gasteiger partial charge is 2.00 e. The Labute approximate surface area is 165 Å². The summed E-state index contributed by atoms with van der Waals surface area (Å²) in [6.07, 6.45) is 20.2. The molecule has 0 amide bonds. The predicted octanol–water partition coefficient (Wildman–Crippen LogP) is 2.73. The molecule has 0 aromatic heterocycles. The van der Waals surface area contributed by atoms with E-state index >= 15 is 0 Å². The molecule has 0 aromatic carbocycles. The van der Waals surface area contributed by atoms with Crippen molar-refractivity contribution in [1.29, 1.82) is 0 Å². The van der Waals surface area contributed by atoms with Gasteiger partial charge in [0, 0.05) is 0 Å². The maximum absolute atomic E-state index is 9.95. The van der Waals surface area contributed by atoms with E-state index in [9.17, 15) is 5.11 Å². The molecule has 3 saturated carbocycles. The summed E-state index contributed by atoms with van der Waals surface area (Å²) in [5.41, 5.74) is 0. The van der Waals surface area contributed by atoms with Crippen LogP contribution in [0.3, 0.4) is 0 Å². The van der Waals surface area contributed by atoms with Gasteiger partial charge in [-0.1, -0.05) is 0 Å². The number of nitrogens with zero attached hydrogens (tertiary/aromatic N) is 1. The molecule has 0 unspecified atom stereocenters. The van der Waals surface area contributed by atoms with E-state index in [-0.39, 0.29) is 44.1 Å². The Bertz CT molecular complexity index is 304. The predicted molar refractivity (Wildman–Crippen MR) is 93.4 cm³/mol. The van der Waals surface area contributed by atoms with Gasteiger partial charge in [-0.05, 0) is 32.1 Å². The van der Waals surface area contributed by atoms with Crippen molar-refractivity contribution in [2.75, 3.05) is 14.1 Å². The van der Waals surface area contributed by atoms with E-state index < -0.39 is 0 Å². The van der Waals surface area contributed by atoms with Crippen LogP contribution in [0.2, 0.25) is 3.97 Å². The second-order valence-corrected chi connectivity index (χ2v) is 9.76. The Morgan fingerprint density at radius 3 is 2.13 bits per heavy atom. The average molecular weight is 469 g/mol. The Balaban J connectivity index is 0.000000377. The van der Waals surface area contributed by atoms with E-state index in [2.05, 4.69) is 45.2 Å². The van der Waals surface area contributed by atoms with Crippen LogP contribution in [0.4, 0.5) is 0 Å². The molecule has 3 aliphatic carbocycles. The zero-order chi connectivity index (χ0) is 15.9. The first-order valence-corrected chi connectivity index (χ1v) is 10.5. The molecule has 1 N–H and O–H groups in total.